The third-order valence-corrected chi connectivity index (χ3v) is 12.3. The normalized spacial score (nSPS) is 12.2. The van der Waals surface area contributed by atoms with Crippen LogP contribution in [0.3, 0.4) is 0 Å². The van der Waals surface area contributed by atoms with Gasteiger partial charge in [0.25, 0.3) is 0 Å². The molecule has 0 rings (SSSR count). The lowest BCUT2D eigenvalue weighted by atomic mass is 10.5. The first-order valence-corrected chi connectivity index (χ1v) is 9.50. The van der Waals surface area contributed by atoms with Crippen LogP contribution >= 0.6 is 0 Å². The molecule has 7 heteroatoms. The maximum Gasteiger partial charge on any atom is 0.0595 e. The predicted molar refractivity (Wildman–Crippen MR) is 60.4 cm³/mol. The van der Waals surface area contributed by atoms with Gasteiger partial charge >= 0.3 is 0 Å². The van der Waals surface area contributed by atoms with E-state index in [0.29, 0.717) is 6.61 Å². The summed E-state index contributed by atoms with van der Waals surface area (Å²) in [5.74, 6) is 0. The zero-order valence-corrected chi connectivity index (χ0v) is 10.2. The highest BCUT2D eigenvalue weighted by molar-refractivity contribution is 9.03. The lowest BCUT2D eigenvalue weighted by Gasteiger charge is -2.13. The van der Waals surface area contributed by atoms with Gasteiger partial charge in [0, 0.05) is 0 Å². The standard InChI is InChI=1S/C3H7OS6/c1-2-3-4-10(7,8)9(5)6/h2-3H2,1H3/q-1. The maximum atomic E-state index is 5.16. The fraction of sp³-hybridized carbons (Fsp3) is 1.00. The van der Waals surface area contributed by atoms with E-state index in [-0.39, 0.29) is 0 Å². The molecule has 0 bridgehead atoms. The smallest absolute Gasteiger partial charge is 0.0595 e. The monoisotopic (exact) mass is 251 g/mol. The van der Waals surface area contributed by atoms with E-state index in [9.17, 15) is 0 Å². The van der Waals surface area contributed by atoms with Gasteiger partial charge < -0.3 is 4.18 Å². The summed E-state index contributed by atoms with van der Waals surface area (Å²) in [5.41, 5.74) is 0. The van der Waals surface area contributed by atoms with Crippen molar-refractivity contribution in [2.24, 2.45) is 0 Å². The zero-order valence-electron chi connectivity index (χ0n) is 5.27. The molecule has 0 radical (unpaired) electrons. The van der Waals surface area contributed by atoms with Crippen LogP contribution in [0.15, 0.2) is 0 Å². The Kier molecular flexibility index (Phi) is 6.04. The first-order valence-electron chi connectivity index (χ1n) is 2.50. The van der Waals surface area contributed by atoms with E-state index < -0.39 is 13.5 Å². The van der Waals surface area contributed by atoms with Crippen molar-refractivity contribution in [3.05, 3.63) is 0 Å². The lowest BCUT2D eigenvalue weighted by molar-refractivity contribution is 0.374. The highest BCUT2D eigenvalue weighted by Crippen LogP contribution is 1.97. The Balaban J connectivity index is 4.17. The first kappa shape index (κ1) is 11.5. The Morgan fingerprint density at radius 3 is 2.20 bits per heavy atom. The van der Waals surface area contributed by atoms with Crippen LogP contribution in [0, 0.1) is 0 Å². The molecule has 0 unspecified atom stereocenters. The maximum absolute atomic E-state index is 5.16. The zero-order chi connectivity index (χ0) is 8.20. The van der Waals surface area contributed by atoms with Crippen LogP contribution in [-0.2, 0) is 62.4 Å². The summed E-state index contributed by atoms with van der Waals surface area (Å²) in [5, 5.41) is 0. The molecule has 0 saturated carbocycles. The highest BCUT2D eigenvalue weighted by atomic mass is 33.7. The summed E-state index contributed by atoms with van der Waals surface area (Å²) in [6.07, 6.45) is 0.907. The molecule has 0 aliphatic carbocycles. The molecule has 0 aromatic carbocycles. The molecule has 0 atom stereocenters. The molecule has 0 aromatic rings. The molecule has 62 valence electrons. The molecule has 0 aliphatic heterocycles. The van der Waals surface area contributed by atoms with Crippen molar-refractivity contribution in [1.29, 1.82) is 0 Å². The van der Waals surface area contributed by atoms with Crippen LogP contribution in [0.5, 0.6) is 0 Å². The fourth-order valence-electron chi connectivity index (χ4n) is 0.225. The average Bonchev–Trinajstić information content (AvgIpc) is 1.84. The minimum absolute atomic E-state index is 0.582. The lowest BCUT2D eigenvalue weighted by Crippen LogP contribution is -2.02. The predicted octanol–water partition coefficient (Wildman–Crippen LogP) is 0.863. The topological polar surface area (TPSA) is 9.23 Å². The van der Waals surface area contributed by atoms with E-state index >= 15 is 0 Å². The first-order chi connectivity index (χ1) is 4.50. The number of hydrogen-bond acceptors (Lipinski definition) is 6. The molecule has 0 aromatic heterocycles. The second kappa shape index (κ2) is 5.23. The van der Waals surface area contributed by atoms with Gasteiger partial charge in [-0.05, 0) is 35.3 Å². The Labute approximate surface area is 81.8 Å². The molecular formula is C3H7OS6-. The van der Waals surface area contributed by atoms with E-state index in [2.05, 4.69) is 0 Å². The van der Waals surface area contributed by atoms with Gasteiger partial charge in [-0.2, -0.15) is 0 Å². The second-order valence-corrected chi connectivity index (χ2v) is 13.9. The summed E-state index contributed by atoms with van der Waals surface area (Å²) in [7, 11) is -0.770. The van der Waals surface area contributed by atoms with E-state index in [0.717, 1.165) is 6.42 Å². The number of hydrogen-bond donors (Lipinski definition) is 0. The van der Waals surface area contributed by atoms with Crippen molar-refractivity contribution in [1.82, 2.24) is 0 Å². The average molecular weight is 251 g/mol. The Hall–Kier alpha value is 1.54. The molecule has 0 saturated heterocycles. The highest BCUT2D eigenvalue weighted by Gasteiger charge is 1.87. The third-order valence-electron chi connectivity index (χ3n) is 0.598. The summed E-state index contributed by atoms with van der Waals surface area (Å²) >= 11 is 19.4. The summed E-state index contributed by atoms with van der Waals surface area (Å²) in [4.78, 5) is 0. The summed E-state index contributed by atoms with van der Waals surface area (Å²) in [6.45, 7) is 0.637. The molecule has 0 spiro atoms. The van der Waals surface area contributed by atoms with E-state index in [1.165, 1.54) is 0 Å². The number of rotatable bonds is 4. The molecule has 0 aliphatic rings. The van der Waals surface area contributed by atoms with Crippen LogP contribution < -0.4 is 0 Å². The van der Waals surface area contributed by atoms with Gasteiger partial charge in [0.1, 0.15) is 0 Å². The van der Waals surface area contributed by atoms with Crippen molar-refractivity contribution < 1.29 is 4.18 Å². The van der Waals surface area contributed by atoms with Crippen molar-refractivity contribution in [2.75, 3.05) is 6.61 Å². The summed E-state index contributed by atoms with van der Waals surface area (Å²) in [6, 6.07) is 0. The van der Waals surface area contributed by atoms with Gasteiger partial charge in [0.2, 0.25) is 0 Å². The van der Waals surface area contributed by atoms with Crippen LogP contribution in [0.4, 0.5) is 0 Å². The van der Waals surface area contributed by atoms with Crippen molar-refractivity contribution in [3.8, 4) is 0 Å². The molecule has 0 N–H and O–H groups in total. The van der Waals surface area contributed by atoms with Crippen molar-refractivity contribution >= 4 is 58.3 Å². The molecule has 10 heavy (non-hydrogen) atoms. The van der Waals surface area contributed by atoms with E-state index in [4.69, 9.17) is 48.9 Å². The molecular weight excluding hydrogens is 244 g/mol. The molecule has 0 fully saturated rings. The van der Waals surface area contributed by atoms with Gasteiger partial charge in [-0.3, -0.25) is 7.05 Å². The van der Waals surface area contributed by atoms with Crippen LogP contribution in [0.2, 0.25) is 0 Å². The Bertz CT molecular complexity index is 238. The second-order valence-electron chi connectivity index (χ2n) is 1.43. The summed E-state index contributed by atoms with van der Waals surface area (Å²) < 4.78 is 5.16. The molecule has 0 amide bonds. The molecule has 0 heterocycles. The van der Waals surface area contributed by atoms with Gasteiger partial charge in [0.05, 0.1) is 6.61 Å². The molecule has 1 nitrogen and oxygen atoms in total. The van der Waals surface area contributed by atoms with Crippen molar-refractivity contribution in [2.45, 2.75) is 13.3 Å². The SMILES string of the molecule is CCCOS(=S)(=S)[S-](=S)=S. The quantitative estimate of drug-likeness (QED) is 0.540. The van der Waals surface area contributed by atoms with Gasteiger partial charge in [-0.15, -0.1) is 0 Å². The van der Waals surface area contributed by atoms with Crippen LogP contribution in [-0.4, -0.2) is 6.61 Å². The Morgan fingerprint density at radius 2 is 1.90 bits per heavy atom. The third kappa shape index (κ3) is 4.42. The van der Waals surface area contributed by atoms with E-state index in [1.54, 1.807) is 0 Å². The van der Waals surface area contributed by atoms with Gasteiger partial charge in [0.15, 0.2) is 0 Å². The minimum atomic E-state index is -1.94. The van der Waals surface area contributed by atoms with Gasteiger partial charge in [-0.25, -0.2) is 22.4 Å². The van der Waals surface area contributed by atoms with E-state index in [1.807, 2.05) is 6.92 Å². The largest absolute Gasteiger partial charge is 0.328 e. The van der Waals surface area contributed by atoms with Gasteiger partial charge in [-0.1, -0.05) is 6.92 Å². The van der Waals surface area contributed by atoms with Crippen LogP contribution in [0.25, 0.3) is 0 Å². The minimum Gasteiger partial charge on any atom is -0.328 e. The van der Waals surface area contributed by atoms with Crippen molar-refractivity contribution in [3.63, 3.8) is 0 Å². The van der Waals surface area contributed by atoms with Crippen LogP contribution in [0.1, 0.15) is 13.3 Å². The Morgan fingerprint density at radius 1 is 1.40 bits per heavy atom. The fourth-order valence-corrected chi connectivity index (χ4v) is 2.23.